The van der Waals surface area contributed by atoms with Crippen LogP contribution in [0.1, 0.15) is 12.8 Å². The number of carbonyl (C=O) groups is 2. The molecule has 0 aromatic carbocycles. The van der Waals surface area contributed by atoms with E-state index in [-0.39, 0.29) is 32.0 Å². The van der Waals surface area contributed by atoms with Crippen LogP contribution in [-0.2, 0) is 4.79 Å². The van der Waals surface area contributed by atoms with Gasteiger partial charge in [-0.05, 0) is 12.8 Å². The highest BCUT2D eigenvalue weighted by atomic mass is 19.4. The first-order valence-corrected chi connectivity index (χ1v) is 6.09. The minimum absolute atomic E-state index is 0.0575. The van der Waals surface area contributed by atoms with Gasteiger partial charge in [-0.2, -0.15) is 13.2 Å². The molecule has 0 unspecified atom stereocenters. The summed E-state index contributed by atoms with van der Waals surface area (Å²) in [6.45, 7) is -1.15. The number of hydrogen-bond acceptors (Lipinski definition) is 3. The van der Waals surface area contributed by atoms with Gasteiger partial charge in [0.1, 0.15) is 5.54 Å². The van der Waals surface area contributed by atoms with Crippen molar-refractivity contribution in [2.24, 2.45) is 0 Å². The number of halogens is 3. The summed E-state index contributed by atoms with van der Waals surface area (Å²) < 4.78 is 36.7. The van der Waals surface area contributed by atoms with Crippen molar-refractivity contribution in [3.63, 3.8) is 0 Å². The van der Waals surface area contributed by atoms with Crippen molar-refractivity contribution in [3.05, 3.63) is 0 Å². The lowest BCUT2D eigenvalue weighted by molar-refractivity contribution is -0.152. The molecule has 0 atom stereocenters. The van der Waals surface area contributed by atoms with E-state index in [2.05, 4.69) is 5.32 Å². The third kappa shape index (κ3) is 3.99. The minimum atomic E-state index is -4.47. The smallest absolute Gasteiger partial charge is 0.401 e. The zero-order valence-electron chi connectivity index (χ0n) is 11.3. The van der Waals surface area contributed by atoms with Gasteiger partial charge in [0.05, 0.1) is 6.54 Å². The monoisotopic (exact) mass is 297 g/mol. The van der Waals surface area contributed by atoms with Crippen LogP contribution < -0.4 is 5.32 Å². The Hall–Kier alpha value is -1.51. The summed E-state index contributed by atoms with van der Waals surface area (Å²) in [5, 5.41) is 11.3. The second kappa shape index (κ2) is 5.86. The normalized spacial score (nSPS) is 18.8. The summed E-state index contributed by atoms with van der Waals surface area (Å²) in [6, 6.07) is -0.278. The van der Waals surface area contributed by atoms with E-state index in [0.29, 0.717) is 0 Å². The first-order valence-electron chi connectivity index (χ1n) is 6.09. The lowest BCUT2D eigenvalue weighted by atomic mass is 9.87. The van der Waals surface area contributed by atoms with Gasteiger partial charge in [0, 0.05) is 27.2 Å². The van der Waals surface area contributed by atoms with Crippen LogP contribution >= 0.6 is 0 Å². The number of rotatable bonds is 3. The van der Waals surface area contributed by atoms with Crippen LogP contribution in [0.3, 0.4) is 0 Å². The molecule has 2 amide bonds. The Labute approximate surface area is 114 Å². The number of aliphatic carboxylic acids is 1. The number of hydrogen-bond donors (Lipinski definition) is 2. The van der Waals surface area contributed by atoms with Gasteiger partial charge in [0.15, 0.2) is 0 Å². The molecule has 1 aliphatic rings. The van der Waals surface area contributed by atoms with E-state index in [9.17, 15) is 27.9 Å². The fourth-order valence-corrected chi connectivity index (χ4v) is 2.10. The number of carboxylic acid groups (broad SMARTS) is 1. The van der Waals surface area contributed by atoms with Crippen LogP contribution in [0.5, 0.6) is 0 Å². The fraction of sp³-hybridized carbons (Fsp3) is 0.818. The van der Waals surface area contributed by atoms with E-state index >= 15 is 0 Å². The summed E-state index contributed by atoms with van der Waals surface area (Å²) in [4.78, 5) is 25.7. The Balaban J connectivity index is 2.69. The third-order valence-corrected chi connectivity index (χ3v) is 3.31. The van der Waals surface area contributed by atoms with Gasteiger partial charge in [0.2, 0.25) is 0 Å². The molecule has 6 nitrogen and oxygen atoms in total. The molecule has 2 N–H and O–H groups in total. The van der Waals surface area contributed by atoms with E-state index in [1.807, 2.05) is 0 Å². The summed E-state index contributed by atoms with van der Waals surface area (Å²) in [5.41, 5.74) is -1.63. The van der Waals surface area contributed by atoms with Crippen LogP contribution in [-0.4, -0.2) is 72.4 Å². The topological polar surface area (TPSA) is 72.9 Å². The van der Waals surface area contributed by atoms with Gasteiger partial charge in [0.25, 0.3) is 0 Å². The molecule has 0 aliphatic carbocycles. The molecule has 1 fully saturated rings. The quantitative estimate of drug-likeness (QED) is 0.806. The van der Waals surface area contributed by atoms with Crippen LogP contribution in [0.15, 0.2) is 0 Å². The molecular formula is C11H18F3N3O3. The first-order chi connectivity index (χ1) is 9.07. The number of amides is 2. The van der Waals surface area contributed by atoms with E-state index in [0.717, 1.165) is 0 Å². The van der Waals surface area contributed by atoms with Gasteiger partial charge in [-0.25, -0.2) is 4.79 Å². The van der Waals surface area contributed by atoms with Crippen molar-refractivity contribution in [1.82, 2.24) is 15.1 Å². The minimum Gasteiger partial charge on any atom is -0.480 e. The number of carbonyl (C=O) groups excluding carboxylic acids is 1. The van der Waals surface area contributed by atoms with Gasteiger partial charge >= 0.3 is 18.2 Å². The highest BCUT2D eigenvalue weighted by Crippen LogP contribution is 2.25. The second-order valence-electron chi connectivity index (χ2n) is 5.02. The SMILES string of the molecule is CN(C)C(=O)N1CCC(NCC(F)(F)F)(C(=O)O)CC1. The molecule has 20 heavy (non-hydrogen) atoms. The Morgan fingerprint density at radius 3 is 2.15 bits per heavy atom. The maximum absolute atomic E-state index is 12.2. The molecule has 0 bridgehead atoms. The number of carboxylic acids is 1. The Bertz CT molecular complexity index is 377. The molecule has 0 saturated carbocycles. The largest absolute Gasteiger partial charge is 0.480 e. The van der Waals surface area contributed by atoms with E-state index in [1.54, 1.807) is 14.1 Å². The van der Waals surface area contributed by atoms with Gasteiger partial charge < -0.3 is 14.9 Å². The Morgan fingerprint density at radius 2 is 1.80 bits per heavy atom. The number of nitrogens with zero attached hydrogens (tertiary/aromatic N) is 2. The summed E-state index contributed by atoms with van der Waals surface area (Å²) in [5.74, 6) is -1.32. The van der Waals surface area contributed by atoms with Crippen molar-refractivity contribution in [3.8, 4) is 0 Å². The van der Waals surface area contributed by atoms with Crippen LogP contribution in [0.4, 0.5) is 18.0 Å². The maximum Gasteiger partial charge on any atom is 0.401 e. The predicted octanol–water partition coefficient (Wildman–Crippen LogP) is 0.739. The van der Waals surface area contributed by atoms with Crippen LogP contribution in [0.25, 0.3) is 0 Å². The molecular weight excluding hydrogens is 279 g/mol. The molecule has 1 saturated heterocycles. The van der Waals surface area contributed by atoms with Crippen molar-refractivity contribution < 1.29 is 27.9 Å². The van der Waals surface area contributed by atoms with Gasteiger partial charge in [-0.3, -0.25) is 10.1 Å². The second-order valence-corrected chi connectivity index (χ2v) is 5.02. The number of piperidine rings is 1. The van der Waals surface area contributed by atoms with Crippen molar-refractivity contribution >= 4 is 12.0 Å². The fourth-order valence-electron chi connectivity index (χ4n) is 2.10. The molecule has 1 heterocycles. The zero-order valence-corrected chi connectivity index (χ0v) is 11.3. The van der Waals surface area contributed by atoms with Crippen molar-refractivity contribution in [1.29, 1.82) is 0 Å². The van der Waals surface area contributed by atoms with Crippen LogP contribution in [0.2, 0.25) is 0 Å². The number of urea groups is 1. The molecule has 0 radical (unpaired) electrons. The van der Waals surface area contributed by atoms with Crippen molar-refractivity contribution in [2.45, 2.75) is 24.6 Å². The number of nitrogens with one attached hydrogen (secondary N) is 1. The predicted molar refractivity (Wildman–Crippen MR) is 64.3 cm³/mol. The standard InChI is InChI=1S/C11H18F3N3O3/c1-16(2)9(20)17-5-3-10(4-6-17,8(18)19)15-7-11(12,13)14/h15H,3-7H2,1-2H3,(H,18,19). The Kier molecular flexibility index (Phi) is 4.85. The van der Waals surface area contributed by atoms with Crippen LogP contribution in [0, 0.1) is 0 Å². The van der Waals surface area contributed by atoms with Crippen molar-refractivity contribution in [2.75, 3.05) is 33.7 Å². The summed E-state index contributed by atoms with van der Waals surface area (Å²) >= 11 is 0. The Morgan fingerprint density at radius 1 is 1.30 bits per heavy atom. The highest BCUT2D eigenvalue weighted by molar-refractivity contribution is 5.80. The van der Waals surface area contributed by atoms with E-state index < -0.39 is 24.2 Å². The average Bonchev–Trinajstić information content (AvgIpc) is 2.35. The highest BCUT2D eigenvalue weighted by Gasteiger charge is 2.44. The zero-order chi connectivity index (χ0) is 15.6. The molecule has 0 aromatic heterocycles. The van der Waals surface area contributed by atoms with E-state index in [4.69, 9.17) is 0 Å². The first kappa shape index (κ1) is 16.5. The number of likely N-dealkylation sites (tertiary alicyclic amines) is 1. The summed E-state index contributed by atoms with van der Waals surface area (Å²) in [7, 11) is 3.12. The van der Waals surface area contributed by atoms with E-state index in [1.165, 1.54) is 9.80 Å². The van der Waals surface area contributed by atoms with Gasteiger partial charge in [-0.15, -0.1) is 0 Å². The summed E-state index contributed by atoms with van der Waals surface area (Å²) in [6.07, 6.45) is -4.59. The molecule has 116 valence electrons. The average molecular weight is 297 g/mol. The van der Waals surface area contributed by atoms with Gasteiger partial charge in [-0.1, -0.05) is 0 Å². The molecule has 0 aromatic rings. The third-order valence-electron chi connectivity index (χ3n) is 3.31. The lowest BCUT2D eigenvalue weighted by Gasteiger charge is -2.40. The molecule has 9 heteroatoms. The maximum atomic E-state index is 12.2. The molecule has 1 aliphatic heterocycles. The molecule has 1 rings (SSSR count). The molecule has 0 spiro atoms. The number of alkyl halides is 3. The lowest BCUT2D eigenvalue weighted by Crippen LogP contribution is -2.61.